The second-order valence-corrected chi connectivity index (χ2v) is 15.4. The summed E-state index contributed by atoms with van der Waals surface area (Å²) in [5.74, 6) is 0.851. The summed E-state index contributed by atoms with van der Waals surface area (Å²) in [4.78, 5) is 0. The fraction of sp³-hybridized carbons (Fsp3) is 0.806. The van der Waals surface area contributed by atoms with Crippen LogP contribution in [0.25, 0.3) is 0 Å². The third kappa shape index (κ3) is 3.35. The summed E-state index contributed by atoms with van der Waals surface area (Å²) >= 11 is 3.82. The van der Waals surface area contributed by atoms with Crippen molar-refractivity contribution in [2.75, 3.05) is 20.3 Å². The first kappa shape index (κ1) is 26.2. The maximum atomic E-state index is 12.9. The normalized spacial score (nSPS) is 48.0. The highest BCUT2D eigenvalue weighted by Crippen LogP contribution is 2.78. The highest BCUT2D eigenvalue weighted by Gasteiger charge is 2.84. The van der Waals surface area contributed by atoms with Crippen LogP contribution in [-0.2, 0) is 20.6 Å². The molecule has 0 amide bonds. The molecule has 8 atom stereocenters. The Labute approximate surface area is 234 Å². The van der Waals surface area contributed by atoms with E-state index in [2.05, 4.69) is 48.8 Å². The van der Waals surface area contributed by atoms with Crippen molar-refractivity contribution in [1.29, 1.82) is 0 Å². The van der Waals surface area contributed by atoms with Gasteiger partial charge in [-0.25, -0.2) is 0 Å². The zero-order valence-corrected chi connectivity index (χ0v) is 24.8. The van der Waals surface area contributed by atoms with Crippen LogP contribution >= 0.6 is 15.9 Å². The highest BCUT2D eigenvalue weighted by atomic mass is 79.9. The summed E-state index contributed by atoms with van der Waals surface area (Å²) in [7, 11) is 1.70. The van der Waals surface area contributed by atoms with E-state index in [0.29, 0.717) is 44.3 Å². The predicted octanol–water partition coefficient (Wildman–Crippen LogP) is 5.40. The largest absolute Gasteiger partial charge is 0.497 e. The van der Waals surface area contributed by atoms with Gasteiger partial charge >= 0.3 is 0 Å². The first-order valence-electron chi connectivity index (χ1n) is 14.6. The molecule has 6 nitrogen and oxygen atoms in total. The van der Waals surface area contributed by atoms with Crippen molar-refractivity contribution >= 4 is 15.9 Å². The minimum Gasteiger partial charge on any atom is -0.497 e. The molecule has 0 aromatic heterocycles. The third-order valence-electron chi connectivity index (χ3n) is 12.0. The Morgan fingerprint density at radius 3 is 2.53 bits per heavy atom. The molecule has 1 aromatic rings. The molecule has 4 aliphatic carbocycles. The van der Waals surface area contributed by atoms with Gasteiger partial charge < -0.3 is 29.2 Å². The van der Waals surface area contributed by atoms with Crippen molar-refractivity contribution in [2.24, 2.45) is 28.1 Å². The Kier molecular flexibility index (Phi) is 5.65. The van der Waals surface area contributed by atoms with E-state index in [1.807, 2.05) is 6.07 Å². The van der Waals surface area contributed by atoms with Gasteiger partial charge in [-0.1, -0.05) is 36.7 Å². The fourth-order valence-electron chi connectivity index (χ4n) is 9.94. The summed E-state index contributed by atoms with van der Waals surface area (Å²) in [6.07, 6.45) is 6.95. The molecule has 1 aromatic carbocycles. The minimum absolute atomic E-state index is 0.0218. The van der Waals surface area contributed by atoms with Gasteiger partial charge in [0.15, 0.2) is 5.79 Å². The molecule has 7 rings (SSSR count). The molecule has 2 spiro atoms. The highest BCUT2D eigenvalue weighted by molar-refractivity contribution is 9.10. The van der Waals surface area contributed by atoms with Gasteiger partial charge in [-0.2, -0.15) is 0 Å². The van der Waals surface area contributed by atoms with Crippen LogP contribution in [0.3, 0.4) is 0 Å². The topological polar surface area (TPSA) is 80.7 Å². The van der Waals surface area contributed by atoms with Crippen LogP contribution in [0, 0.1) is 28.1 Å². The van der Waals surface area contributed by atoms with E-state index in [9.17, 15) is 10.2 Å². The molecular weight excluding hydrogens is 548 g/mol. The van der Waals surface area contributed by atoms with Crippen LogP contribution in [0.5, 0.6) is 5.75 Å². The van der Waals surface area contributed by atoms with Crippen molar-refractivity contribution in [1.82, 2.24) is 0 Å². The number of halogens is 1. The van der Waals surface area contributed by atoms with E-state index in [1.165, 1.54) is 0 Å². The average Bonchev–Trinajstić information content (AvgIpc) is 3.52. The lowest BCUT2D eigenvalue weighted by atomic mass is 9.41. The monoisotopic (exact) mass is 590 g/mol. The molecule has 2 N–H and O–H groups in total. The molecule has 38 heavy (non-hydrogen) atoms. The quantitative estimate of drug-likeness (QED) is 0.459. The summed E-state index contributed by atoms with van der Waals surface area (Å²) in [6.45, 7) is 7.91. The molecule has 0 radical (unpaired) electrons. The van der Waals surface area contributed by atoms with E-state index in [-0.39, 0.29) is 28.6 Å². The van der Waals surface area contributed by atoms with Gasteiger partial charge in [0.05, 0.1) is 38.1 Å². The number of aliphatic hydroxyl groups excluding tert-OH is 1. The lowest BCUT2D eigenvalue weighted by molar-refractivity contribution is -0.355. The van der Waals surface area contributed by atoms with Crippen LogP contribution in [0.2, 0.25) is 0 Å². The SMILES string of the molecule is COc1ccc(Br)c(C[C@]23CCC4(C[C@]2(O)CC[C@H]2[C@@H]5CC[C@H](O)[C@@]5(C)C[C@H]5O[C@]523)OCC(C)(C)CO4)c1. The van der Waals surface area contributed by atoms with Crippen LogP contribution in [0.1, 0.15) is 77.7 Å². The first-order valence-corrected chi connectivity index (χ1v) is 15.4. The first-order chi connectivity index (χ1) is 17.9. The van der Waals surface area contributed by atoms with Crippen LogP contribution < -0.4 is 4.74 Å². The zero-order chi connectivity index (χ0) is 26.8. The molecule has 210 valence electrons. The molecule has 6 fully saturated rings. The predicted molar refractivity (Wildman–Crippen MR) is 146 cm³/mol. The summed E-state index contributed by atoms with van der Waals surface area (Å²) in [6, 6.07) is 6.14. The van der Waals surface area contributed by atoms with Crippen LogP contribution in [0.15, 0.2) is 22.7 Å². The smallest absolute Gasteiger partial charge is 0.171 e. The number of ether oxygens (including phenoxy) is 4. The Balaban J connectivity index is 1.32. The lowest BCUT2D eigenvalue weighted by Crippen LogP contribution is -2.72. The van der Waals surface area contributed by atoms with Gasteiger partial charge in [-0.3, -0.25) is 0 Å². The summed E-state index contributed by atoms with van der Waals surface area (Å²) in [5.41, 5.74) is -0.805. The van der Waals surface area contributed by atoms with Gasteiger partial charge in [-0.15, -0.1) is 0 Å². The Bertz CT molecular complexity index is 1130. The van der Waals surface area contributed by atoms with Gasteiger partial charge in [0.1, 0.15) is 11.4 Å². The lowest BCUT2D eigenvalue weighted by Gasteiger charge is -2.65. The number of fused-ring (bicyclic) bond motifs is 3. The molecule has 7 heteroatoms. The minimum atomic E-state index is -0.981. The molecule has 0 bridgehead atoms. The van der Waals surface area contributed by atoms with E-state index in [1.54, 1.807) is 7.11 Å². The van der Waals surface area contributed by atoms with E-state index < -0.39 is 16.8 Å². The summed E-state index contributed by atoms with van der Waals surface area (Å²) < 4.78 is 26.6. The number of aliphatic hydroxyl groups is 2. The van der Waals surface area contributed by atoms with E-state index >= 15 is 0 Å². The number of hydrogen-bond donors (Lipinski definition) is 2. The van der Waals surface area contributed by atoms with Crippen LogP contribution in [-0.4, -0.2) is 59.7 Å². The fourth-order valence-corrected chi connectivity index (χ4v) is 10.3. The van der Waals surface area contributed by atoms with E-state index in [4.69, 9.17) is 18.9 Å². The second kappa shape index (κ2) is 8.19. The number of methoxy groups -OCH3 is 1. The molecule has 2 saturated heterocycles. The molecule has 6 aliphatic rings. The van der Waals surface area contributed by atoms with Gasteiger partial charge in [0, 0.05) is 28.1 Å². The van der Waals surface area contributed by atoms with Crippen molar-refractivity contribution in [2.45, 2.75) is 108 Å². The molecule has 2 heterocycles. The summed E-state index contributed by atoms with van der Waals surface area (Å²) in [5, 5.41) is 24.0. The number of benzene rings is 1. The second-order valence-electron chi connectivity index (χ2n) is 14.5. The Morgan fingerprint density at radius 1 is 1.03 bits per heavy atom. The zero-order valence-electron chi connectivity index (χ0n) is 23.2. The van der Waals surface area contributed by atoms with Crippen molar-refractivity contribution < 1.29 is 29.2 Å². The maximum Gasteiger partial charge on any atom is 0.171 e. The molecule has 0 unspecified atom stereocenters. The third-order valence-corrected chi connectivity index (χ3v) is 12.8. The van der Waals surface area contributed by atoms with E-state index in [0.717, 1.165) is 54.3 Å². The molecular formula is C31H43BrO6. The standard InChI is InChI=1S/C31H43BrO6/c1-26(2)17-36-30(37-18-26)12-11-28(14-19-13-20(35-4)5-7-23(19)32)29(34,16-30)10-9-22-21-6-8-24(33)27(21,3)15-25-31(22,28)38-25/h5,7,13,21-22,24-25,33-34H,6,8-12,14-18H2,1-4H3/t21-,22-,24-,25+,27-,28+,29+,31-/m0/s1. The van der Waals surface area contributed by atoms with Gasteiger partial charge in [0.2, 0.25) is 0 Å². The average molecular weight is 592 g/mol. The molecule has 2 aliphatic heterocycles. The number of epoxide rings is 1. The van der Waals surface area contributed by atoms with Crippen molar-refractivity contribution in [3.05, 3.63) is 28.2 Å². The Hall–Kier alpha value is -0.700. The van der Waals surface area contributed by atoms with Crippen molar-refractivity contribution in [3.8, 4) is 5.75 Å². The Morgan fingerprint density at radius 2 is 1.79 bits per heavy atom. The van der Waals surface area contributed by atoms with Crippen molar-refractivity contribution in [3.63, 3.8) is 0 Å². The molecule has 4 saturated carbocycles. The number of rotatable bonds is 3. The van der Waals surface area contributed by atoms with Gasteiger partial charge in [0.25, 0.3) is 0 Å². The van der Waals surface area contributed by atoms with Crippen LogP contribution in [0.4, 0.5) is 0 Å². The maximum absolute atomic E-state index is 12.9. The number of hydrogen-bond acceptors (Lipinski definition) is 6. The van der Waals surface area contributed by atoms with Gasteiger partial charge in [-0.05, 0) is 86.0 Å².